The molecule has 0 unspecified atom stereocenters. The van der Waals surface area contributed by atoms with E-state index in [9.17, 15) is 19.4 Å². The first-order chi connectivity index (χ1) is 18.5. The summed E-state index contributed by atoms with van der Waals surface area (Å²) in [6.45, 7) is 3.97. The molecule has 204 valence electrons. The maximum Gasteiger partial charge on any atom is 0.305 e. The summed E-state index contributed by atoms with van der Waals surface area (Å²) in [5.74, 6) is -0.538. The molecule has 4 rings (SSSR count). The van der Waals surface area contributed by atoms with Crippen molar-refractivity contribution in [3.05, 3.63) is 71.7 Å². The molecule has 2 aromatic heterocycles. The van der Waals surface area contributed by atoms with Crippen LogP contribution in [0.15, 0.2) is 54.6 Å². The maximum atomic E-state index is 13.8. The number of imidazole rings is 1. The van der Waals surface area contributed by atoms with Gasteiger partial charge in [0.25, 0.3) is 0 Å². The summed E-state index contributed by atoms with van der Waals surface area (Å²) in [7, 11) is 3.75. The van der Waals surface area contributed by atoms with Crippen LogP contribution < -0.4 is 4.90 Å². The van der Waals surface area contributed by atoms with Gasteiger partial charge in [0, 0.05) is 31.6 Å². The van der Waals surface area contributed by atoms with Gasteiger partial charge < -0.3 is 19.9 Å². The Morgan fingerprint density at radius 1 is 1.08 bits per heavy atom. The van der Waals surface area contributed by atoms with E-state index in [0.29, 0.717) is 34.4 Å². The molecule has 3 N–H and O–H groups in total. The number of aryl methyl sites for hydroxylation is 1. The van der Waals surface area contributed by atoms with Gasteiger partial charge in [-0.3, -0.25) is 9.69 Å². The number of aromatic nitrogens is 4. The van der Waals surface area contributed by atoms with Gasteiger partial charge in [0.05, 0.1) is 41.1 Å². The number of nitrogens with zero attached hydrogens (tertiary/aromatic N) is 5. The number of hydrogen-bond donors (Lipinski definition) is 3. The number of halogens is 1. The van der Waals surface area contributed by atoms with Crippen molar-refractivity contribution in [1.82, 2.24) is 19.5 Å². The average Bonchev–Trinajstić information content (AvgIpc) is 3.23. The fourth-order valence-electron chi connectivity index (χ4n) is 4.43. The number of aliphatic carboxylic acids is 1. The Morgan fingerprint density at radius 3 is 2.41 bits per heavy atom. The third-order valence-electron chi connectivity index (χ3n) is 6.40. The van der Waals surface area contributed by atoms with Gasteiger partial charge in [0.1, 0.15) is 5.82 Å². The molecule has 0 fully saturated rings. The molecule has 0 aliphatic heterocycles. The zero-order valence-electron chi connectivity index (χ0n) is 22.3. The fraction of sp³-hybridized carbons (Fsp3) is 0.310. The molecule has 10 heteroatoms. The van der Waals surface area contributed by atoms with Crippen LogP contribution in [0.1, 0.15) is 43.9 Å². The molecule has 9 nitrogen and oxygen atoms in total. The molecule has 39 heavy (non-hydrogen) atoms. The zero-order chi connectivity index (χ0) is 28.3. The summed E-state index contributed by atoms with van der Waals surface area (Å²) in [6.07, 6.45) is 0.268. The number of aliphatic hydroxyl groups excluding tert-OH is 2. The van der Waals surface area contributed by atoms with Crippen molar-refractivity contribution in [2.45, 2.75) is 44.8 Å². The van der Waals surface area contributed by atoms with E-state index in [1.165, 1.54) is 18.2 Å². The Labute approximate surface area is 225 Å². The van der Waals surface area contributed by atoms with E-state index in [4.69, 9.17) is 20.1 Å². The number of anilines is 2. The molecule has 0 aliphatic carbocycles. The van der Waals surface area contributed by atoms with Crippen LogP contribution in [0.4, 0.5) is 16.3 Å². The van der Waals surface area contributed by atoms with Crippen LogP contribution in [0.2, 0.25) is 0 Å². The molecule has 0 amide bonds. The van der Waals surface area contributed by atoms with Crippen molar-refractivity contribution in [1.29, 1.82) is 0 Å². The number of fused-ring (bicyclic) bond motifs is 1. The molecule has 0 saturated heterocycles. The molecule has 0 spiro atoms. The van der Waals surface area contributed by atoms with Gasteiger partial charge in [-0.2, -0.15) is 0 Å². The highest BCUT2D eigenvalue weighted by atomic mass is 19.1. The predicted molar refractivity (Wildman–Crippen MR) is 148 cm³/mol. The number of carboxylic acids is 1. The lowest BCUT2D eigenvalue weighted by molar-refractivity contribution is -0.139. The van der Waals surface area contributed by atoms with Crippen LogP contribution >= 0.6 is 0 Å². The molecule has 2 heterocycles. The van der Waals surface area contributed by atoms with E-state index < -0.39 is 24.6 Å². The third-order valence-corrected chi connectivity index (χ3v) is 6.40. The van der Waals surface area contributed by atoms with Crippen molar-refractivity contribution in [3.8, 4) is 11.3 Å². The smallest absolute Gasteiger partial charge is 0.305 e. The summed E-state index contributed by atoms with van der Waals surface area (Å²) >= 11 is 0. The molecule has 4 aromatic rings. The van der Waals surface area contributed by atoms with E-state index in [-0.39, 0.29) is 18.2 Å². The monoisotopic (exact) mass is 533 g/mol. The van der Waals surface area contributed by atoms with Crippen molar-refractivity contribution >= 4 is 35.0 Å². The van der Waals surface area contributed by atoms with Crippen molar-refractivity contribution < 1.29 is 24.5 Å². The second-order valence-electron chi connectivity index (χ2n) is 9.77. The Balaban J connectivity index is 1.81. The molecule has 0 saturated carbocycles. The van der Waals surface area contributed by atoms with E-state index in [1.807, 2.05) is 56.8 Å². The van der Waals surface area contributed by atoms with Crippen LogP contribution in [-0.4, -0.2) is 60.1 Å². The van der Waals surface area contributed by atoms with E-state index >= 15 is 0 Å². The van der Waals surface area contributed by atoms with Crippen molar-refractivity contribution in [2.75, 3.05) is 11.9 Å². The van der Waals surface area contributed by atoms with Gasteiger partial charge in [-0.05, 0) is 42.3 Å². The normalized spacial score (nSPS) is 13.3. The SMILES string of the molecule is CC(C)c1nc(N(C)c2nc3ccccc3n2C)nc(-c2ccc(F)cc2)c1C=C[C@@H](O)C[C@@H](O)CC(=O)O. The molecular weight excluding hydrogens is 501 g/mol. The molecule has 2 aromatic carbocycles. The molecular formula is C29H32FN5O4. The van der Waals surface area contributed by atoms with Gasteiger partial charge in [-0.1, -0.05) is 38.1 Å². The highest BCUT2D eigenvalue weighted by Crippen LogP contribution is 2.33. The molecule has 2 atom stereocenters. The average molecular weight is 534 g/mol. The highest BCUT2D eigenvalue weighted by molar-refractivity contribution is 5.80. The lowest BCUT2D eigenvalue weighted by Gasteiger charge is -2.21. The lowest BCUT2D eigenvalue weighted by Crippen LogP contribution is -2.20. The van der Waals surface area contributed by atoms with Gasteiger partial charge in [0.2, 0.25) is 11.9 Å². The van der Waals surface area contributed by atoms with Crippen LogP contribution in [0.3, 0.4) is 0 Å². The first kappa shape index (κ1) is 27.9. The van der Waals surface area contributed by atoms with E-state index in [1.54, 1.807) is 23.1 Å². The summed E-state index contributed by atoms with van der Waals surface area (Å²) in [5, 5.41) is 29.3. The Morgan fingerprint density at radius 2 is 1.77 bits per heavy atom. The molecule has 0 bridgehead atoms. The zero-order valence-corrected chi connectivity index (χ0v) is 22.3. The second kappa shape index (κ2) is 11.7. The first-order valence-electron chi connectivity index (χ1n) is 12.6. The van der Waals surface area contributed by atoms with Crippen LogP contribution in [0, 0.1) is 5.82 Å². The summed E-state index contributed by atoms with van der Waals surface area (Å²) < 4.78 is 15.7. The standard InChI is InChI=1S/C29H32FN5O4/c1-17(2)26-22(14-13-20(36)15-21(37)16-25(38)39)27(18-9-11-19(30)12-10-18)33-28(32-26)35(4)29-31-23-7-5-6-8-24(23)34(29)3/h5-14,17,20-21,36-37H,15-16H2,1-4H3,(H,38,39)/t20-,21-/m1/s1. The van der Waals surface area contributed by atoms with Gasteiger partial charge in [-0.15, -0.1) is 0 Å². The van der Waals surface area contributed by atoms with Crippen molar-refractivity contribution in [2.24, 2.45) is 7.05 Å². The van der Waals surface area contributed by atoms with Gasteiger partial charge in [0.15, 0.2) is 0 Å². The highest BCUT2D eigenvalue weighted by Gasteiger charge is 2.22. The summed E-state index contributed by atoms with van der Waals surface area (Å²) in [4.78, 5) is 27.1. The van der Waals surface area contributed by atoms with Gasteiger partial charge >= 0.3 is 5.97 Å². The van der Waals surface area contributed by atoms with E-state index in [0.717, 1.165) is 11.0 Å². The molecule has 0 aliphatic rings. The van der Waals surface area contributed by atoms with Gasteiger partial charge in [-0.25, -0.2) is 19.3 Å². The maximum absolute atomic E-state index is 13.8. The van der Waals surface area contributed by atoms with E-state index in [2.05, 4.69) is 0 Å². The van der Waals surface area contributed by atoms with Crippen molar-refractivity contribution in [3.63, 3.8) is 0 Å². The summed E-state index contributed by atoms with van der Waals surface area (Å²) in [6, 6.07) is 13.8. The Kier molecular flexibility index (Phi) is 8.37. The third kappa shape index (κ3) is 6.30. The number of aliphatic hydroxyl groups is 2. The minimum Gasteiger partial charge on any atom is -0.481 e. The second-order valence-corrected chi connectivity index (χ2v) is 9.77. The molecule has 0 radical (unpaired) electrons. The number of hydrogen-bond acceptors (Lipinski definition) is 7. The Hall–Kier alpha value is -4.15. The fourth-order valence-corrected chi connectivity index (χ4v) is 4.43. The van der Waals surface area contributed by atoms with Crippen LogP contribution in [0.25, 0.3) is 28.4 Å². The Bertz CT molecular complexity index is 1500. The van der Waals surface area contributed by atoms with Crippen LogP contribution in [0.5, 0.6) is 0 Å². The minimum absolute atomic E-state index is 0.0471. The number of benzene rings is 2. The predicted octanol–water partition coefficient (Wildman–Crippen LogP) is 4.66. The van der Waals surface area contributed by atoms with Crippen LogP contribution in [-0.2, 0) is 11.8 Å². The largest absolute Gasteiger partial charge is 0.481 e. The number of rotatable bonds is 10. The minimum atomic E-state index is -1.19. The number of para-hydroxylation sites is 2. The summed E-state index contributed by atoms with van der Waals surface area (Å²) in [5.41, 5.74) is 4.30. The first-order valence-corrected chi connectivity index (χ1v) is 12.6. The lowest BCUT2D eigenvalue weighted by atomic mass is 9.97. The number of carboxylic acid groups (broad SMARTS) is 1. The number of carbonyl (C=O) groups is 1. The topological polar surface area (TPSA) is 125 Å². The quantitative estimate of drug-likeness (QED) is 0.269.